The maximum absolute atomic E-state index is 10.5. The largest absolute Gasteiger partial charge is 0.480 e. The molecule has 86 valence electrons. The quantitative estimate of drug-likeness (QED) is 0.806. The van der Waals surface area contributed by atoms with Gasteiger partial charge in [-0.05, 0) is 0 Å². The minimum atomic E-state index is -0.944. The van der Waals surface area contributed by atoms with Crippen molar-refractivity contribution < 1.29 is 9.90 Å². The standard InChI is InChI=1S/C9H15N3O2.ClH/c1-9(2,3)6-4-7(10)12(11-6)5-8(13)14;/h4H,5,10H2,1-3H3,(H,13,14);1H. The smallest absolute Gasteiger partial charge is 0.325 e. The summed E-state index contributed by atoms with van der Waals surface area (Å²) in [5.74, 6) is -0.558. The summed E-state index contributed by atoms with van der Waals surface area (Å²) in [6.07, 6.45) is 0. The molecule has 1 rings (SSSR count). The van der Waals surface area contributed by atoms with Gasteiger partial charge < -0.3 is 10.8 Å². The monoisotopic (exact) mass is 233 g/mol. The Kier molecular flexibility index (Phi) is 4.16. The lowest BCUT2D eigenvalue weighted by Gasteiger charge is -2.13. The van der Waals surface area contributed by atoms with E-state index in [0.29, 0.717) is 5.82 Å². The number of nitrogen functional groups attached to an aromatic ring is 1. The molecule has 0 aliphatic carbocycles. The number of nitrogens with zero attached hydrogens (tertiary/aromatic N) is 2. The third-order valence-corrected chi connectivity index (χ3v) is 1.86. The molecule has 0 bridgehead atoms. The Hall–Kier alpha value is -1.23. The van der Waals surface area contributed by atoms with Gasteiger partial charge in [-0.2, -0.15) is 5.10 Å². The number of aliphatic carboxylic acids is 1. The molecule has 0 amide bonds. The second-order valence-electron chi connectivity index (χ2n) is 4.26. The van der Waals surface area contributed by atoms with Crippen LogP contribution in [0.4, 0.5) is 5.82 Å². The van der Waals surface area contributed by atoms with Crippen LogP contribution in [0.25, 0.3) is 0 Å². The number of carbonyl (C=O) groups is 1. The van der Waals surface area contributed by atoms with Crippen LogP contribution in [0.1, 0.15) is 26.5 Å². The highest BCUT2D eigenvalue weighted by Crippen LogP contribution is 2.22. The summed E-state index contributed by atoms with van der Waals surface area (Å²) in [5.41, 5.74) is 6.31. The summed E-state index contributed by atoms with van der Waals surface area (Å²) in [4.78, 5) is 10.5. The summed E-state index contributed by atoms with van der Waals surface area (Å²) in [7, 11) is 0. The van der Waals surface area contributed by atoms with E-state index in [-0.39, 0.29) is 24.4 Å². The number of aromatic nitrogens is 2. The molecule has 1 aromatic rings. The molecular weight excluding hydrogens is 218 g/mol. The van der Waals surface area contributed by atoms with Crippen LogP contribution in [0.3, 0.4) is 0 Å². The Morgan fingerprint density at radius 1 is 1.60 bits per heavy atom. The minimum Gasteiger partial charge on any atom is -0.480 e. The third kappa shape index (κ3) is 3.43. The highest BCUT2D eigenvalue weighted by molar-refractivity contribution is 5.85. The molecule has 0 saturated heterocycles. The summed E-state index contributed by atoms with van der Waals surface area (Å²) in [6, 6.07) is 1.71. The molecule has 6 heteroatoms. The second kappa shape index (κ2) is 4.53. The molecule has 1 aromatic heterocycles. The molecule has 0 fully saturated rings. The first kappa shape index (κ1) is 13.8. The number of nitrogens with two attached hydrogens (primary N) is 1. The first-order chi connectivity index (χ1) is 6.30. The van der Waals surface area contributed by atoms with Gasteiger partial charge in [-0.3, -0.25) is 4.79 Å². The first-order valence-electron chi connectivity index (χ1n) is 4.36. The average molecular weight is 234 g/mol. The van der Waals surface area contributed by atoms with E-state index in [0.717, 1.165) is 5.69 Å². The van der Waals surface area contributed by atoms with Crippen LogP contribution in [0.5, 0.6) is 0 Å². The Labute approximate surface area is 94.7 Å². The number of hydrogen-bond donors (Lipinski definition) is 2. The molecule has 0 radical (unpaired) electrons. The van der Waals surface area contributed by atoms with Gasteiger partial charge in [-0.25, -0.2) is 4.68 Å². The maximum atomic E-state index is 10.5. The average Bonchev–Trinajstić information content (AvgIpc) is 2.30. The van der Waals surface area contributed by atoms with Crippen molar-refractivity contribution in [1.82, 2.24) is 9.78 Å². The maximum Gasteiger partial charge on any atom is 0.325 e. The van der Waals surface area contributed by atoms with Crippen LogP contribution < -0.4 is 5.73 Å². The van der Waals surface area contributed by atoms with Gasteiger partial charge in [0, 0.05) is 11.5 Å². The zero-order valence-electron chi connectivity index (χ0n) is 9.02. The van der Waals surface area contributed by atoms with Crippen LogP contribution in [-0.2, 0) is 16.8 Å². The van der Waals surface area contributed by atoms with Crippen LogP contribution in [-0.4, -0.2) is 20.9 Å². The van der Waals surface area contributed by atoms with Gasteiger partial charge in [0.15, 0.2) is 0 Å². The van der Waals surface area contributed by atoms with Gasteiger partial charge in [0.1, 0.15) is 12.4 Å². The zero-order chi connectivity index (χ0) is 10.9. The molecule has 0 spiro atoms. The van der Waals surface area contributed by atoms with E-state index in [1.807, 2.05) is 20.8 Å². The van der Waals surface area contributed by atoms with Gasteiger partial charge in [0.05, 0.1) is 5.69 Å². The molecule has 0 aliphatic rings. The summed E-state index contributed by atoms with van der Waals surface area (Å²) in [5, 5.41) is 12.7. The Morgan fingerprint density at radius 3 is 2.47 bits per heavy atom. The van der Waals surface area contributed by atoms with E-state index in [9.17, 15) is 4.79 Å². The van der Waals surface area contributed by atoms with Crippen LogP contribution in [0, 0.1) is 0 Å². The van der Waals surface area contributed by atoms with Crippen molar-refractivity contribution in [3.63, 3.8) is 0 Å². The predicted octanol–water partition coefficient (Wildman–Crippen LogP) is 1.27. The fourth-order valence-electron chi connectivity index (χ4n) is 1.05. The van der Waals surface area contributed by atoms with Crippen LogP contribution in [0.2, 0.25) is 0 Å². The number of anilines is 1. The fourth-order valence-corrected chi connectivity index (χ4v) is 1.05. The van der Waals surface area contributed by atoms with E-state index in [1.54, 1.807) is 6.07 Å². The number of halogens is 1. The number of rotatable bonds is 2. The Balaban J connectivity index is 0.00000196. The van der Waals surface area contributed by atoms with Gasteiger partial charge in [-0.1, -0.05) is 20.8 Å². The number of carboxylic acid groups (broad SMARTS) is 1. The van der Waals surface area contributed by atoms with Gasteiger partial charge in [0.25, 0.3) is 0 Å². The second-order valence-corrected chi connectivity index (χ2v) is 4.26. The van der Waals surface area contributed by atoms with Crippen molar-refractivity contribution in [2.45, 2.75) is 32.7 Å². The van der Waals surface area contributed by atoms with E-state index in [2.05, 4.69) is 5.10 Å². The van der Waals surface area contributed by atoms with E-state index < -0.39 is 5.97 Å². The lowest BCUT2D eigenvalue weighted by molar-refractivity contribution is -0.137. The molecule has 0 aliphatic heterocycles. The lowest BCUT2D eigenvalue weighted by atomic mass is 9.92. The molecular formula is C9H16ClN3O2. The summed E-state index contributed by atoms with van der Waals surface area (Å²) in [6.45, 7) is 5.81. The minimum absolute atomic E-state index is 0. The van der Waals surface area contributed by atoms with E-state index in [1.165, 1.54) is 4.68 Å². The normalized spacial score (nSPS) is 10.9. The molecule has 0 saturated carbocycles. The van der Waals surface area contributed by atoms with Crippen molar-refractivity contribution in [1.29, 1.82) is 0 Å². The molecule has 0 aromatic carbocycles. The van der Waals surface area contributed by atoms with Crippen molar-refractivity contribution >= 4 is 24.2 Å². The number of hydrogen-bond acceptors (Lipinski definition) is 3. The van der Waals surface area contributed by atoms with E-state index >= 15 is 0 Å². The van der Waals surface area contributed by atoms with Crippen molar-refractivity contribution in [3.05, 3.63) is 11.8 Å². The highest BCUT2D eigenvalue weighted by Gasteiger charge is 2.19. The lowest BCUT2D eigenvalue weighted by Crippen LogP contribution is -2.15. The Bertz CT molecular complexity index is 355. The number of carboxylic acids is 1. The Morgan fingerprint density at radius 2 is 2.13 bits per heavy atom. The summed E-state index contributed by atoms with van der Waals surface area (Å²) >= 11 is 0. The van der Waals surface area contributed by atoms with E-state index in [4.69, 9.17) is 10.8 Å². The molecule has 5 nitrogen and oxygen atoms in total. The fraction of sp³-hybridized carbons (Fsp3) is 0.556. The molecule has 0 atom stereocenters. The molecule has 3 N–H and O–H groups in total. The van der Waals surface area contributed by atoms with Crippen molar-refractivity contribution in [2.24, 2.45) is 0 Å². The highest BCUT2D eigenvalue weighted by atomic mass is 35.5. The van der Waals surface area contributed by atoms with Gasteiger partial charge in [-0.15, -0.1) is 12.4 Å². The van der Waals surface area contributed by atoms with Crippen LogP contribution >= 0.6 is 12.4 Å². The van der Waals surface area contributed by atoms with Crippen molar-refractivity contribution in [3.8, 4) is 0 Å². The van der Waals surface area contributed by atoms with Gasteiger partial charge >= 0.3 is 5.97 Å². The molecule has 15 heavy (non-hydrogen) atoms. The SMILES string of the molecule is CC(C)(C)c1cc(N)n(CC(=O)O)n1.Cl. The predicted molar refractivity (Wildman–Crippen MR) is 60.2 cm³/mol. The zero-order valence-corrected chi connectivity index (χ0v) is 9.84. The first-order valence-corrected chi connectivity index (χ1v) is 4.36. The van der Waals surface area contributed by atoms with Gasteiger partial charge in [0.2, 0.25) is 0 Å². The topological polar surface area (TPSA) is 81.1 Å². The molecule has 0 unspecified atom stereocenters. The van der Waals surface area contributed by atoms with Crippen molar-refractivity contribution in [2.75, 3.05) is 5.73 Å². The third-order valence-electron chi connectivity index (χ3n) is 1.86. The summed E-state index contributed by atoms with van der Waals surface area (Å²) < 4.78 is 1.29. The van der Waals surface area contributed by atoms with Crippen LogP contribution in [0.15, 0.2) is 6.07 Å². The molecule has 1 heterocycles.